The lowest BCUT2D eigenvalue weighted by Gasteiger charge is -2.47. The number of nitrogens with zero attached hydrogens (tertiary/aromatic N) is 4. The Hall–Kier alpha value is -3.85. The van der Waals surface area contributed by atoms with Crippen molar-refractivity contribution in [3.63, 3.8) is 0 Å². The van der Waals surface area contributed by atoms with Crippen LogP contribution in [0.15, 0.2) is 77.5 Å². The summed E-state index contributed by atoms with van der Waals surface area (Å²) >= 11 is 1.57. The van der Waals surface area contributed by atoms with Gasteiger partial charge < -0.3 is 19.8 Å². The number of fused-ring (bicyclic) bond motifs is 2. The molecule has 4 amide bonds. The minimum atomic E-state index is -1.14. The van der Waals surface area contributed by atoms with Crippen LogP contribution in [0.4, 0.5) is 21.0 Å². The summed E-state index contributed by atoms with van der Waals surface area (Å²) in [5.41, 5.74) is 2.34. The highest BCUT2D eigenvalue weighted by molar-refractivity contribution is 7.08. The Morgan fingerprint density at radius 1 is 0.946 bits per heavy atom. The first-order valence-corrected chi connectivity index (χ1v) is 13.3. The summed E-state index contributed by atoms with van der Waals surface area (Å²) in [5.74, 6) is -1.11. The Bertz CT molecular complexity index is 1210. The summed E-state index contributed by atoms with van der Waals surface area (Å²) in [6.07, 6.45) is 1.19. The Kier molecular flexibility index (Phi) is 6.88. The van der Waals surface area contributed by atoms with Crippen LogP contribution in [0.5, 0.6) is 0 Å². The second-order valence-electron chi connectivity index (χ2n) is 9.56. The molecular weight excluding hydrogens is 488 g/mol. The number of rotatable bonds is 5. The molecule has 8 nitrogen and oxygen atoms in total. The minimum Gasteiger partial charge on any atom is -0.480 e. The molecule has 3 aromatic rings. The van der Waals surface area contributed by atoms with Gasteiger partial charge in [0.15, 0.2) is 6.04 Å². The van der Waals surface area contributed by atoms with Crippen molar-refractivity contribution in [2.24, 2.45) is 0 Å². The highest BCUT2D eigenvalue weighted by Crippen LogP contribution is 2.38. The van der Waals surface area contributed by atoms with Crippen molar-refractivity contribution in [2.45, 2.75) is 43.9 Å². The predicted octanol–water partition coefficient (Wildman–Crippen LogP) is 5.42. The molecule has 2 bridgehead atoms. The molecule has 2 aliphatic heterocycles. The smallest absolute Gasteiger partial charge is 0.329 e. The Balaban J connectivity index is 1.45. The van der Waals surface area contributed by atoms with Crippen LogP contribution in [0.25, 0.3) is 0 Å². The summed E-state index contributed by atoms with van der Waals surface area (Å²) in [5, 5.41) is 14.3. The van der Waals surface area contributed by atoms with E-state index in [1.54, 1.807) is 33.1 Å². The van der Waals surface area contributed by atoms with Gasteiger partial charge in [-0.1, -0.05) is 36.4 Å². The van der Waals surface area contributed by atoms with Crippen molar-refractivity contribution >= 4 is 40.7 Å². The number of aliphatic carboxylic acids is 1. The highest BCUT2D eigenvalue weighted by atomic mass is 32.1. The van der Waals surface area contributed by atoms with Gasteiger partial charge in [0.1, 0.15) is 0 Å². The van der Waals surface area contributed by atoms with Crippen molar-refractivity contribution in [3.8, 4) is 0 Å². The number of likely N-dealkylation sites (tertiary alicyclic amines) is 1. The molecule has 2 fully saturated rings. The lowest BCUT2D eigenvalue weighted by Crippen LogP contribution is -2.67. The minimum absolute atomic E-state index is 0.146. The van der Waals surface area contributed by atoms with Crippen molar-refractivity contribution in [3.05, 3.63) is 83.1 Å². The van der Waals surface area contributed by atoms with E-state index >= 15 is 0 Å². The topological polar surface area (TPSA) is 84.4 Å². The average Bonchev–Trinajstić information content (AvgIpc) is 3.55. The van der Waals surface area contributed by atoms with Crippen LogP contribution < -0.4 is 4.90 Å². The molecule has 192 valence electrons. The molecule has 2 aliphatic rings. The molecule has 1 N–H and O–H groups in total. The maximum Gasteiger partial charge on any atom is 0.329 e. The molecule has 0 radical (unpaired) electrons. The molecule has 1 aromatic heterocycles. The van der Waals surface area contributed by atoms with Gasteiger partial charge in [0, 0.05) is 13.6 Å². The summed E-state index contributed by atoms with van der Waals surface area (Å²) in [4.78, 5) is 46.8. The van der Waals surface area contributed by atoms with E-state index in [0.29, 0.717) is 24.2 Å². The lowest BCUT2D eigenvalue weighted by molar-refractivity contribution is -0.145. The second-order valence-corrected chi connectivity index (χ2v) is 10.3. The van der Waals surface area contributed by atoms with Crippen molar-refractivity contribution < 1.29 is 19.5 Å². The molecule has 3 heterocycles. The predicted molar refractivity (Wildman–Crippen MR) is 143 cm³/mol. The average molecular weight is 519 g/mol. The van der Waals surface area contributed by atoms with Gasteiger partial charge in [0.25, 0.3) is 0 Å². The van der Waals surface area contributed by atoms with Crippen molar-refractivity contribution in [1.29, 1.82) is 0 Å². The number of carboxylic acid groups (broad SMARTS) is 1. The van der Waals surface area contributed by atoms with Gasteiger partial charge in [-0.2, -0.15) is 11.3 Å². The summed E-state index contributed by atoms with van der Waals surface area (Å²) < 4.78 is 0. The number of carbonyl (C=O) groups excluding carboxylic acids is 2. The normalized spacial score (nSPS) is 21.4. The van der Waals surface area contributed by atoms with E-state index in [-0.39, 0.29) is 24.7 Å². The van der Waals surface area contributed by atoms with Crippen molar-refractivity contribution in [2.75, 3.05) is 18.5 Å². The largest absolute Gasteiger partial charge is 0.480 e. The number of amides is 4. The maximum absolute atomic E-state index is 14.1. The highest BCUT2D eigenvalue weighted by Gasteiger charge is 2.54. The van der Waals surface area contributed by atoms with Gasteiger partial charge in [-0.25, -0.2) is 14.4 Å². The third-order valence-electron chi connectivity index (χ3n) is 7.50. The Morgan fingerprint density at radius 2 is 1.57 bits per heavy atom. The molecule has 9 heteroatoms. The SMILES string of the molecule is CC(c1ccsc1)N(C)C(=O)N1C2CC[C@@H]1[C@@H](C(=O)O)N(C(=O)N(c1ccccc1)c1ccccc1)C2. The zero-order valence-electron chi connectivity index (χ0n) is 20.8. The monoisotopic (exact) mass is 518 g/mol. The third kappa shape index (κ3) is 4.55. The summed E-state index contributed by atoms with van der Waals surface area (Å²) in [7, 11) is 1.75. The molecule has 5 rings (SSSR count). The number of carbonyl (C=O) groups is 3. The fourth-order valence-corrected chi connectivity index (χ4v) is 6.23. The quantitative estimate of drug-likeness (QED) is 0.489. The molecule has 37 heavy (non-hydrogen) atoms. The summed E-state index contributed by atoms with van der Waals surface area (Å²) in [6, 6.07) is 17.7. The van der Waals surface area contributed by atoms with Crippen LogP contribution >= 0.6 is 11.3 Å². The van der Waals surface area contributed by atoms with Crippen molar-refractivity contribution in [1.82, 2.24) is 14.7 Å². The first-order valence-electron chi connectivity index (χ1n) is 12.4. The van der Waals surface area contributed by atoms with E-state index in [1.165, 1.54) is 4.90 Å². The number of hydrogen-bond acceptors (Lipinski definition) is 4. The van der Waals surface area contributed by atoms with E-state index in [0.717, 1.165) is 5.56 Å². The van der Waals surface area contributed by atoms with E-state index < -0.39 is 24.1 Å². The van der Waals surface area contributed by atoms with Gasteiger partial charge in [-0.15, -0.1) is 0 Å². The van der Waals surface area contributed by atoms with Crippen LogP contribution in [0.1, 0.15) is 31.4 Å². The van der Waals surface area contributed by atoms with Crippen LogP contribution in [0, 0.1) is 0 Å². The number of piperazine rings is 1. The van der Waals surface area contributed by atoms with Crippen LogP contribution in [0.2, 0.25) is 0 Å². The standard InChI is InChI=1S/C28H30N4O4S/c1-19(20-15-16-37-18-20)29(2)27(35)32-23-13-14-24(32)25(26(33)34)30(17-23)28(36)31(21-9-5-3-6-10-21)22-11-7-4-8-12-22/h3-12,15-16,18-19,23-25H,13-14,17H2,1-2H3,(H,33,34)/t19?,23?,24-,25+/m1/s1. The summed E-state index contributed by atoms with van der Waals surface area (Å²) in [6.45, 7) is 2.13. The zero-order chi connectivity index (χ0) is 26.1. The van der Waals surface area contributed by atoms with E-state index in [2.05, 4.69) is 0 Å². The van der Waals surface area contributed by atoms with Gasteiger partial charge >= 0.3 is 18.0 Å². The lowest BCUT2D eigenvalue weighted by atomic mass is 10.0. The molecule has 0 saturated carbocycles. The van der Waals surface area contributed by atoms with Gasteiger partial charge in [0.2, 0.25) is 0 Å². The first kappa shape index (κ1) is 24.8. The molecule has 0 aliphatic carbocycles. The van der Waals surface area contributed by atoms with Crippen LogP contribution in [0.3, 0.4) is 0 Å². The molecular formula is C28H30N4O4S. The van der Waals surface area contributed by atoms with Gasteiger partial charge in [-0.05, 0) is 66.4 Å². The number of benzene rings is 2. The molecule has 2 saturated heterocycles. The molecule has 0 spiro atoms. The maximum atomic E-state index is 14.1. The van der Waals surface area contributed by atoms with Crippen LogP contribution in [-0.4, -0.2) is 69.6 Å². The number of anilines is 2. The second kappa shape index (κ2) is 10.3. The Labute approximate surface area is 220 Å². The Morgan fingerprint density at radius 3 is 2.11 bits per heavy atom. The molecule has 2 aromatic carbocycles. The fraction of sp³-hybridized carbons (Fsp3) is 0.321. The number of para-hydroxylation sites is 2. The molecule has 4 atom stereocenters. The van der Waals surface area contributed by atoms with E-state index in [9.17, 15) is 19.5 Å². The third-order valence-corrected chi connectivity index (χ3v) is 8.20. The van der Waals surface area contributed by atoms with Gasteiger partial charge in [0.05, 0.1) is 29.5 Å². The number of hydrogen-bond donors (Lipinski definition) is 1. The number of urea groups is 2. The molecule has 2 unspecified atom stereocenters. The van der Waals surface area contributed by atoms with Gasteiger partial charge in [-0.3, -0.25) is 4.90 Å². The first-order chi connectivity index (χ1) is 17.9. The number of carboxylic acids is 1. The van der Waals surface area contributed by atoms with E-state index in [1.807, 2.05) is 84.4 Å². The van der Waals surface area contributed by atoms with E-state index in [4.69, 9.17) is 0 Å². The fourth-order valence-electron chi connectivity index (χ4n) is 5.48. The zero-order valence-corrected chi connectivity index (χ0v) is 21.6. The van der Waals surface area contributed by atoms with Crippen LogP contribution in [-0.2, 0) is 4.79 Å². The number of thiophene rings is 1.